The van der Waals surface area contributed by atoms with Gasteiger partial charge in [-0.25, -0.2) is 0 Å². The SMILES string of the molecule is CCCNC(CCCC(C)C)C1CCC2CCCCC2C1. The summed E-state index contributed by atoms with van der Waals surface area (Å²) in [5.41, 5.74) is 0. The largest absolute Gasteiger partial charge is 0.314 e. The number of hydrogen-bond acceptors (Lipinski definition) is 1. The van der Waals surface area contributed by atoms with Crippen molar-refractivity contribution in [2.45, 2.75) is 97.4 Å². The summed E-state index contributed by atoms with van der Waals surface area (Å²) in [5.74, 6) is 4.01. The minimum atomic E-state index is 0.812. The zero-order chi connectivity index (χ0) is 15.1. The van der Waals surface area contributed by atoms with Crippen molar-refractivity contribution in [1.82, 2.24) is 5.32 Å². The Balaban J connectivity index is 1.83. The van der Waals surface area contributed by atoms with Crippen molar-refractivity contribution in [2.75, 3.05) is 6.54 Å². The van der Waals surface area contributed by atoms with Crippen LogP contribution in [-0.2, 0) is 0 Å². The van der Waals surface area contributed by atoms with E-state index in [4.69, 9.17) is 0 Å². The van der Waals surface area contributed by atoms with Gasteiger partial charge in [0.2, 0.25) is 0 Å². The van der Waals surface area contributed by atoms with Gasteiger partial charge in [-0.2, -0.15) is 0 Å². The maximum absolute atomic E-state index is 3.91. The van der Waals surface area contributed by atoms with Crippen LogP contribution in [-0.4, -0.2) is 12.6 Å². The summed E-state index contributed by atoms with van der Waals surface area (Å²) in [6, 6.07) is 0.812. The van der Waals surface area contributed by atoms with Crippen molar-refractivity contribution in [1.29, 1.82) is 0 Å². The molecule has 0 spiro atoms. The molecule has 0 radical (unpaired) electrons. The van der Waals surface area contributed by atoms with E-state index in [1.54, 1.807) is 0 Å². The number of rotatable bonds is 8. The molecule has 124 valence electrons. The van der Waals surface area contributed by atoms with Crippen molar-refractivity contribution >= 4 is 0 Å². The lowest BCUT2D eigenvalue weighted by Gasteiger charge is -2.42. The summed E-state index contributed by atoms with van der Waals surface area (Å²) in [6.07, 6.45) is 16.2. The predicted octanol–water partition coefficient (Wildman–Crippen LogP) is 5.79. The second-order valence-electron chi connectivity index (χ2n) is 8.26. The standard InChI is InChI=1S/C20H39N/c1-4-14-21-20(11-7-8-16(2)3)19-13-12-17-9-5-6-10-18(17)15-19/h16-21H,4-15H2,1-3H3. The van der Waals surface area contributed by atoms with E-state index in [1.165, 1.54) is 77.2 Å². The quantitative estimate of drug-likeness (QED) is 0.597. The van der Waals surface area contributed by atoms with Gasteiger partial charge >= 0.3 is 0 Å². The zero-order valence-electron chi connectivity index (χ0n) is 14.9. The molecule has 0 amide bonds. The molecule has 0 aromatic rings. The molecule has 0 bridgehead atoms. The summed E-state index contributed by atoms with van der Waals surface area (Å²) in [6.45, 7) is 8.25. The lowest BCUT2D eigenvalue weighted by Crippen LogP contribution is -2.41. The molecule has 4 unspecified atom stereocenters. The molecule has 0 aromatic heterocycles. The van der Waals surface area contributed by atoms with Gasteiger partial charge in [-0.1, -0.05) is 59.3 Å². The Bertz CT molecular complexity index is 273. The van der Waals surface area contributed by atoms with Crippen LogP contribution in [0, 0.1) is 23.7 Å². The van der Waals surface area contributed by atoms with Gasteiger partial charge in [0.15, 0.2) is 0 Å². The summed E-state index contributed by atoms with van der Waals surface area (Å²) < 4.78 is 0. The van der Waals surface area contributed by atoms with Crippen molar-refractivity contribution in [2.24, 2.45) is 23.7 Å². The highest BCUT2D eigenvalue weighted by Crippen LogP contribution is 2.44. The van der Waals surface area contributed by atoms with E-state index in [0.717, 1.165) is 29.7 Å². The average molecular weight is 294 g/mol. The number of fused-ring (bicyclic) bond motifs is 1. The highest BCUT2D eigenvalue weighted by Gasteiger charge is 2.34. The molecule has 1 heteroatoms. The van der Waals surface area contributed by atoms with E-state index in [1.807, 2.05) is 0 Å². The maximum atomic E-state index is 3.91. The maximum Gasteiger partial charge on any atom is 0.00954 e. The van der Waals surface area contributed by atoms with Crippen LogP contribution in [0.15, 0.2) is 0 Å². The fourth-order valence-electron chi connectivity index (χ4n) is 4.86. The van der Waals surface area contributed by atoms with Crippen LogP contribution in [0.5, 0.6) is 0 Å². The second kappa shape index (κ2) is 9.18. The molecule has 1 nitrogen and oxygen atoms in total. The molecule has 2 saturated carbocycles. The molecule has 0 aromatic carbocycles. The van der Waals surface area contributed by atoms with E-state index in [-0.39, 0.29) is 0 Å². The minimum absolute atomic E-state index is 0.812. The average Bonchev–Trinajstić information content (AvgIpc) is 2.50. The van der Waals surface area contributed by atoms with Crippen molar-refractivity contribution < 1.29 is 0 Å². The van der Waals surface area contributed by atoms with Crippen LogP contribution in [0.4, 0.5) is 0 Å². The van der Waals surface area contributed by atoms with Gasteiger partial charge in [-0.05, 0) is 62.3 Å². The molecule has 0 heterocycles. The molecule has 2 rings (SSSR count). The summed E-state index contributed by atoms with van der Waals surface area (Å²) >= 11 is 0. The number of nitrogens with one attached hydrogen (secondary N) is 1. The van der Waals surface area contributed by atoms with Gasteiger partial charge in [0.25, 0.3) is 0 Å². The normalized spacial score (nSPS) is 31.1. The number of hydrogen-bond donors (Lipinski definition) is 1. The van der Waals surface area contributed by atoms with Crippen molar-refractivity contribution in [3.63, 3.8) is 0 Å². The fourth-order valence-corrected chi connectivity index (χ4v) is 4.86. The highest BCUT2D eigenvalue weighted by atomic mass is 14.9. The predicted molar refractivity (Wildman–Crippen MR) is 93.6 cm³/mol. The first-order valence-corrected chi connectivity index (χ1v) is 9.94. The van der Waals surface area contributed by atoms with Crippen LogP contribution in [0.2, 0.25) is 0 Å². The van der Waals surface area contributed by atoms with E-state index in [9.17, 15) is 0 Å². The fraction of sp³-hybridized carbons (Fsp3) is 1.00. The molecule has 4 atom stereocenters. The smallest absolute Gasteiger partial charge is 0.00954 e. The minimum Gasteiger partial charge on any atom is -0.314 e. The van der Waals surface area contributed by atoms with E-state index in [0.29, 0.717) is 0 Å². The van der Waals surface area contributed by atoms with Crippen LogP contribution >= 0.6 is 0 Å². The Morgan fingerprint density at radius 1 is 0.952 bits per heavy atom. The summed E-state index contributed by atoms with van der Waals surface area (Å²) in [4.78, 5) is 0. The van der Waals surface area contributed by atoms with Gasteiger partial charge in [0.1, 0.15) is 0 Å². The van der Waals surface area contributed by atoms with Crippen molar-refractivity contribution in [3.05, 3.63) is 0 Å². The Morgan fingerprint density at radius 2 is 1.71 bits per heavy atom. The summed E-state index contributed by atoms with van der Waals surface area (Å²) in [7, 11) is 0. The molecule has 21 heavy (non-hydrogen) atoms. The van der Waals surface area contributed by atoms with Crippen LogP contribution < -0.4 is 5.32 Å². The molecule has 1 N–H and O–H groups in total. The lowest BCUT2D eigenvalue weighted by molar-refractivity contribution is 0.106. The molecule has 2 fully saturated rings. The van der Waals surface area contributed by atoms with Crippen LogP contribution in [0.25, 0.3) is 0 Å². The first kappa shape index (κ1) is 17.3. The third-order valence-electron chi connectivity index (χ3n) is 6.10. The molecule has 0 aliphatic heterocycles. The van der Waals surface area contributed by atoms with Gasteiger partial charge in [-0.3, -0.25) is 0 Å². The van der Waals surface area contributed by atoms with Gasteiger partial charge in [0.05, 0.1) is 0 Å². The van der Waals surface area contributed by atoms with E-state index < -0.39 is 0 Å². The van der Waals surface area contributed by atoms with Crippen molar-refractivity contribution in [3.8, 4) is 0 Å². The Labute approximate surface area is 133 Å². The second-order valence-corrected chi connectivity index (χ2v) is 8.26. The Hall–Kier alpha value is -0.0400. The van der Waals surface area contributed by atoms with E-state index in [2.05, 4.69) is 26.1 Å². The molecule has 2 aliphatic rings. The monoisotopic (exact) mass is 293 g/mol. The van der Waals surface area contributed by atoms with E-state index >= 15 is 0 Å². The molecule has 2 aliphatic carbocycles. The first-order valence-electron chi connectivity index (χ1n) is 9.94. The Morgan fingerprint density at radius 3 is 2.43 bits per heavy atom. The zero-order valence-corrected chi connectivity index (χ0v) is 14.9. The Kier molecular flexibility index (Phi) is 7.57. The van der Waals surface area contributed by atoms with Gasteiger partial charge < -0.3 is 5.32 Å². The first-order chi connectivity index (χ1) is 10.2. The van der Waals surface area contributed by atoms with Crippen LogP contribution in [0.1, 0.15) is 91.4 Å². The summed E-state index contributed by atoms with van der Waals surface area (Å²) in [5, 5.41) is 3.91. The van der Waals surface area contributed by atoms with Gasteiger partial charge in [-0.15, -0.1) is 0 Å². The topological polar surface area (TPSA) is 12.0 Å². The molecular weight excluding hydrogens is 254 g/mol. The third-order valence-corrected chi connectivity index (χ3v) is 6.10. The molecular formula is C20H39N. The highest BCUT2D eigenvalue weighted by molar-refractivity contribution is 4.88. The van der Waals surface area contributed by atoms with Gasteiger partial charge in [0, 0.05) is 6.04 Å². The van der Waals surface area contributed by atoms with Crippen LogP contribution in [0.3, 0.4) is 0 Å². The third kappa shape index (κ3) is 5.58. The molecule has 0 saturated heterocycles. The lowest BCUT2D eigenvalue weighted by atomic mass is 9.65.